The van der Waals surface area contributed by atoms with Crippen LogP contribution >= 0.6 is 0 Å². The molecule has 1 heterocycles. The number of benzene rings is 2. The molecule has 0 saturated carbocycles. The average Bonchev–Trinajstić information content (AvgIpc) is 2.98. The van der Waals surface area contributed by atoms with Gasteiger partial charge in [-0.15, -0.1) is 0 Å². The molecule has 0 bridgehead atoms. The average molecular weight is 445 g/mol. The Labute approximate surface area is 180 Å². The first kappa shape index (κ1) is 22.6. The maximum atomic E-state index is 12.8. The molecule has 1 N–H and O–H groups in total. The van der Waals surface area contributed by atoms with Gasteiger partial charge in [0.05, 0.1) is 16.8 Å². The Morgan fingerprint density at radius 2 is 1.74 bits per heavy atom. The molecular formula is C21H23N3O6S. The van der Waals surface area contributed by atoms with E-state index in [2.05, 4.69) is 5.32 Å². The number of ether oxygens (including phenoxy) is 1. The number of sulfonamides is 1. The van der Waals surface area contributed by atoms with Gasteiger partial charge in [-0.25, -0.2) is 12.7 Å². The molecule has 3 amide bonds. The van der Waals surface area contributed by atoms with Gasteiger partial charge in [0.25, 0.3) is 17.7 Å². The zero-order valence-electron chi connectivity index (χ0n) is 17.4. The van der Waals surface area contributed by atoms with Crippen LogP contribution in [-0.4, -0.2) is 69.7 Å². The van der Waals surface area contributed by atoms with E-state index in [0.29, 0.717) is 13.0 Å². The standard InChI is InChI=1S/C21H23N3O6S/c1-23(2)31(28,29)18-8-5-4-7-17(18)22-19(25)14-9-10-15-16(13-14)21(27)24(20(15)26)11-6-12-30-3/h4-5,7-10,13H,6,11-12H2,1-3H3,(H,22,25). The number of anilines is 1. The molecule has 0 aliphatic carbocycles. The molecule has 1 aliphatic heterocycles. The highest BCUT2D eigenvalue weighted by atomic mass is 32.2. The summed E-state index contributed by atoms with van der Waals surface area (Å²) < 4.78 is 31.1. The molecule has 3 rings (SSSR count). The Bertz CT molecular complexity index is 1140. The summed E-state index contributed by atoms with van der Waals surface area (Å²) in [5.41, 5.74) is 0.625. The normalized spacial score (nSPS) is 13.6. The molecule has 0 spiro atoms. The number of para-hydroxylation sites is 1. The number of rotatable bonds is 8. The van der Waals surface area contributed by atoms with E-state index in [0.717, 1.165) is 9.21 Å². The maximum Gasteiger partial charge on any atom is 0.261 e. The summed E-state index contributed by atoms with van der Waals surface area (Å²) in [6, 6.07) is 10.3. The van der Waals surface area contributed by atoms with Gasteiger partial charge < -0.3 is 10.1 Å². The van der Waals surface area contributed by atoms with Crippen LogP contribution in [0.5, 0.6) is 0 Å². The number of nitrogens with one attached hydrogen (secondary N) is 1. The SMILES string of the molecule is COCCCN1C(=O)c2ccc(C(=O)Nc3ccccc3S(=O)(=O)N(C)C)cc2C1=O. The predicted molar refractivity (Wildman–Crippen MR) is 114 cm³/mol. The van der Waals surface area contributed by atoms with Crippen molar-refractivity contribution >= 4 is 33.4 Å². The zero-order valence-corrected chi connectivity index (χ0v) is 18.2. The molecule has 2 aromatic carbocycles. The number of fused-ring (bicyclic) bond motifs is 1. The fourth-order valence-corrected chi connectivity index (χ4v) is 4.23. The van der Waals surface area contributed by atoms with Gasteiger partial charge >= 0.3 is 0 Å². The molecule has 0 fully saturated rings. The highest BCUT2D eigenvalue weighted by Gasteiger charge is 2.35. The van der Waals surface area contributed by atoms with E-state index in [1.165, 1.54) is 51.5 Å². The van der Waals surface area contributed by atoms with Gasteiger partial charge in [-0.2, -0.15) is 0 Å². The molecule has 0 atom stereocenters. The fraction of sp³-hybridized carbons (Fsp3) is 0.286. The minimum Gasteiger partial charge on any atom is -0.385 e. The van der Waals surface area contributed by atoms with Crippen molar-refractivity contribution in [1.29, 1.82) is 0 Å². The Morgan fingerprint density at radius 3 is 2.42 bits per heavy atom. The van der Waals surface area contributed by atoms with E-state index in [-0.39, 0.29) is 33.8 Å². The van der Waals surface area contributed by atoms with Gasteiger partial charge in [0.1, 0.15) is 4.90 Å². The molecule has 0 unspecified atom stereocenters. The lowest BCUT2D eigenvalue weighted by molar-refractivity contribution is 0.0638. The lowest BCUT2D eigenvalue weighted by Gasteiger charge is -2.15. The number of carbonyl (C=O) groups is 3. The number of amides is 3. The van der Waals surface area contributed by atoms with Crippen LogP contribution in [-0.2, 0) is 14.8 Å². The van der Waals surface area contributed by atoms with Crippen molar-refractivity contribution in [3.05, 3.63) is 59.2 Å². The number of nitrogens with zero attached hydrogens (tertiary/aromatic N) is 2. The third-order valence-electron chi connectivity index (χ3n) is 4.86. The number of carbonyl (C=O) groups excluding carboxylic acids is 3. The van der Waals surface area contributed by atoms with Crippen molar-refractivity contribution in [2.24, 2.45) is 0 Å². The summed E-state index contributed by atoms with van der Waals surface area (Å²) in [5.74, 6) is -1.48. The first-order valence-corrected chi connectivity index (χ1v) is 10.9. The molecule has 1 aliphatic rings. The van der Waals surface area contributed by atoms with E-state index in [9.17, 15) is 22.8 Å². The van der Waals surface area contributed by atoms with Crippen molar-refractivity contribution in [2.75, 3.05) is 39.7 Å². The Kier molecular flexibility index (Phi) is 6.54. The second-order valence-electron chi connectivity index (χ2n) is 7.11. The highest BCUT2D eigenvalue weighted by molar-refractivity contribution is 7.89. The fourth-order valence-electron chi connectivity index (χ4n) is 3.19. The summed E-state index contributed by atoms with van der Waals surface area (Å²) in [5, 5.41) is 2.59. The van der Waals surface area contributed by atoms with Gasteiger partial charge in [-0.3, -0.25) is 19.3 Å². The number of hydrogen-bond donors (Lipinski definition) is 1. The molecule has 0 saturated heterocycles. The van der Waals surface area contributed by atoms with Crippen LogP contribution in [0.1, 0.15) is 37.5 Å². The largest absolute Gasteiger partial charge is 0.385 e. The van der Waals surface area contributed by atoms with E-state index in [4.69, 9.17) is 4.74 Å². The van der Waals surface area contributed by atoms with Crippen molar-refractivity contribution in [3.63, 3.8) is 0 Å². The molecule has 2 aromatic rings. The quantitative estimate of drug-likeness (QED) is 0.490. The Morgan fingerprint density at radius 1 is 1.06 bits per heavy atom. The van der Waals surface area contributed by atoms with E-state index in [1.807, 2.05) is 0 Å². The van der Waals surface area contributed by atoms with Gasteiger partial charge in [0.2, 0.25) is 10.0 Å². The van der Waals surface area contributed by atoms with Crippen molar-refractivity contribution < 1.29 is 27.5 Å². The van der Waals surface area contributed by atoms with Crippen LogP contribution < -0.4 is 5.32 Å². The van der Waals surface area contributed by atoms with E-state index >= 15 is 0 Å². The Hall–Kier alpha value is -3.08. The second kappa shape index (κ2) is 8.96. The van der Waals surface area contributed by atoms with Crippen LogP contribution in [0, 0.1) is 0 Å². The predicted octanol–water partition coefficient (Wildman–Crippen LogP) is 1.82. The van der Waals surface area contributed by atoms with Gasteiger partial charge in [-0.1, -0.05) is 12.1 Å². The monoisotopic (exact) mass is 445 g/mol. The lowest BCUT2D eigenvalue weighted by Crippen LogP contribution is -2.31. The van der Waals surface area contributed by atoms with Crippen LogP contribution in [0.3, 0.4) is 0 Å². The third kappa shape index (κ3) is 4.36. The summed E-state index contributed by atoms with van der Waals surface area (Å²) >= 11 is 0. The maximum absolute atomic E-state index is 12.8. The third-order valence-corrected chi connectivity index (χ3v) is 6.73. The molecule has 31 heavy (non-hydrogen) atoms. The summed E-state index contributed by atoms with van der Waals surface area (Å²) in [6.45, 7) is 0.633. The first-order valence-electron chi connectivity index (χ1n) is 9.50. The van der Waals surface area contributed by atoms with Crippen LogP contribution in [0.4, 0.5) is 5.69 Å². The molecule has 0 aromatic heterocycles. The summed E-state index contributed by atoms with van der Waals surface area (Å²) in [4.78, 5) is 39.0. The first-order chi connectivity index (χ1) is 14.7. The van der Waals surface area contributed by atoms with Crippen molar-refractivity contribution in [1.82, 2.24) is 9.21 Å². The van der Waals surface area contributed by atoms with Gasteiger partial charge in [0, 0.05) is 39.9 Å². The number of methoxy groups -OCH3 is 1. The zero-order chi connectivity index (χ0) is 22.8. The molecule has 0 radical (unpaired) electrons. The van der Waals surface area contributed by atoms with E-state index in [1.54, 1.807) is 12.1 Å². The van der Waals surface area contributed by atoms with Crippen LogP contribution in [0.2, 0.25) is 0 Å². The summed E-state index contributed by atoms with van der Waals surface area (Å²) in [6.07, 6.45) is 0.506. The Balaban J connectivity index is 1.86. The summed E-state index contributed by atoms with van der Waals surface area (Å²) in [7, 11) is 0.557. The van der Waals surface area contributed by atoms with Crippen molar-refractivity contribution in [3.8, 4) is 0 Å². The van der Waals surface area contributed by atoms with Gasteiger partial charge in [-0.05, 0) is 36.8 Å². The number of imide groups is 1. The topological polar surface area (TPSA) is 113 Å². The smallest absolute Gasteiger partial charge is 0.261 e. The van der Waals surface area contributed by atoms with Gasteiger partial charge in [0.15, 0.2) is 0 Å². The van der Waals surface area contributed by atoms with Crippen LogP contribution in [0.25, 0.3) is 0 Å². The minimum absolute atomic E-state index is 0.0508. The van der Waals surface area contributed by atoms with Crippen LogP contribution in [0.15, 0.2) is 47.4 Å². The molecule has 9 nitrogen and oxygen atoms in total. The van der Waals surface area contributed by atoms with Crippen molar-refractivity contribution in [2.45, 2.75) is 11.3 Å². The highest BCUT2D eigenvalue weighted by Crippen LogP contribution is 2.26. The van der Waals surface area contributed by atoms with E-state index < -0.39 is 27.7 Å². The number of hydrogen-bond acceptors (Lipinski definition) is 6. The molecular weight excluding hydrogens is 422 g/mol. The lowest BCUT2D eigenvalue weighted by atomic mass is 10.1. The minimum atomic E-state index is -3.78. The molecule has 164 valence electrons. The second-order valence-corrected chi connectivity index (χ2v) is 9.23. The molecule has 10 heteroatoms.